The Morgan fingerprint density at radius 3 is 2.80 bits per heavy atom. The van der Waals surface area contributed by atoms with Gasteiger partial charge in [0.15, 0.2) is 0 Å². The maximum Gasteiger partial charge on any atom is 0.236 e. The Morgan fingerprint density at radius 2 is 2.30 bits per heavy atom. The normalized spacial score (nSPS) is 9.50. The molecule has 0 spiro atoms. The maximum atomic E-state index is 5.70. The van der Waals surface area contributed by atoms with E-state index >= 15 is 0 Å². The van der Waals surface area contributed by atoms with Gasteiger partial charge in [0.1, 0.15) is 16.0 Å². The van der Waals surface area contributed by atoms with E-state index in [1.165, 1.54) is 13.4 Å². The molecule has 54 valence electrons. The van der Waals surface area contributed by atoms with Crippen molar-refractivity contribution >= 4 is 27.5 Å². The summed E-state index contributed by atoms with van der Waals surface area (Å²) in [5, 5.41) is 0.394. The zero-order chi connectivity index (χ0) is 7.56. The van der Waals surface area contributed by atoms with E-state index in [0.717, 1.165) is 0 Å². The molecule has 1 aromatic rings. The third-order valence-corrected chi connectivity index (χ3v) is 2.08. The van der Waals surface area contributed by atoms with E-state index in [1.54, 1.807) is 0 Å². The number of hydrogen-bond acceptors (Lipinski definition) is 3. The van der Waals surface area contributed by atoms with Crippen LogP contribution in [0.2, 0.25) is 5.02 Å². The summed E-state index contributed by atoms with van der Waals surface area (Å²) >= 11 is 8.82. The zero-order valence-corrected chi connectivity index (χ0v) is 7.48. The molecule has 0 radical (unpaired) electrons. The van der Waals surface area contributed by atoms with Crippen LogP contribution in [0, 0.1) is 0 Å². The molecule has 0 aliphatic heterocycles. The van der Waals surface area contributed by atoms with Crippen molar-refractivity contribution in [1.82, 2.24) is 9.97 Å². The van der Waals surface area contributed by atoms with Gasteiger partial charge in [-0.2, -0.15) is 0 Å². The van der Waals surface area contributed by atoms with E-state index in [9.17, 15) is 0 Å². The molecule has 0 saturated carbocycles. The van der Waals surface area contributed by atoms with E-state index in [4.69, 9.17) is 16.3 Å². The molecule has 5 heteroatoms. The van der Waals surface area contributed by atoms with Crippen molar-refractivity contribution in [2.75, 3.05) is 7.11 Å². The first-order chi connectivity index (χ1) is 4.75. The molecule has 0 aliphatic rings. The van der Waals surface area contributed by atoms with Crippen LogP contribution in [0.4, 0.5) is 0 Å². The Balaban J connectivity index is 3.14. The smallest absolute Gasteiger partial charge is 0.236 e. The van der Waals surface area contributed by atoms with Crippen molar-refractivity contribution in [3.63, 3.8) is 0 Å². The first-order valence-corrected chi connectivity index (χ1v) is 3.62. The summed E-state index contributed by atoms with van der Waals surface area (Å²) in [6.45, 7) is 0. The molecule has 0 saturated heterocycles. The molecule has 0 atom stereocenters. The van der Waals surface area contributed by atoms with Gasteiger partial charge in [-0.15, -0.1) is 0 Å². The fraction of sp³-hybridized carbons (Fsp3) is 0.200. The van der Waals surface area contributed by atoms with Crippen LogP contribution in [0.25, 0.3) is 0 Å². The maximum absolute atomic E-state index is 5.70. The Labute approximate surface area is 71.5 Å². The van der Waals surface area contributed by atoms with Gasteiger partial charge in [0, 0.05) is 0 Å². The number of methoxy groups -OCH3 is 1. The van der Waals surface area contributed by atoms with Crippen LogP contribution in [-0.2, 0) is 0 Å². The second-order valence-electron chi connectivity index (χ2n) is 1.49. The highest BCUT2D eigenvalue weighted by molar-refractivity contribution is 9.10. The molecule has 1 rings (SSSR count). The number of ether oxygens (including phenoxy) is 1. The van der Waals surface area contributed by atoms with Crippen molar-refractivity contribution in [3.05, 3.63) is 16.0 Å². The Hall–Kier alpha value is -0.350. The van der Waals surface area contributed by atoms with E-state index in [2.05, 4.69) is 25.9 Å². The highest BCUT2D eigenvalue weighted by Gasteiger charge is 2.04. The highest BCUT2D eigenvalue weighted by Crippen LogP contribution is 2.26. The first kappa shape index (κ1) is 7.75. The van der Waals surface area contributed by atoms with Crippen LogP contribution in [0.1, 0.15) is 0 Å². The average Bonchev–Trinajstić information content (AvgIpc) is 1.95. The van der Waals surface area contributed by atoms with Crippen LogP contribution < -0.4 is 4.74 Å². The molecule has 0 unspecified atom stereocenters. The topological polar surface area (TPSA) is 35.0 Å². The first-order valence-electron chi connectivity index (χ1n) is 2.45. The van der Waals surface area contributed by atoms with Crippen LogP contribution >= 0.6 is 27.5 Å². The quantitative estimate of drug-likeness (QED) is 0.682. The predicted octanol–water partition coefficient (Wildman–Crippen LogP) is 1.90. The van der Waals surface area contributed by atoms with Gasteiger partial charge in [-0.05, 0) is 15.9 Å². The fourth-order valence-electron chi connectivity index (χ4n) is 0.476. The molecule has 0 aromatic carbocycles. The van der Waals surface area contributed by atoms with Gasteiger partial charge in [0.05, 0.1) is 7.11 Å². The Morgan fingerprint density at radius 1 is 1.60 bits per heavy atom. The van der Waals surface area contributed by atoms with Crippen LogP contribution in [0.15, 0.2) is 10.9 Å². The van der Waals surface area contributed by atoms with E-state index in [0.29, 0.717) is 15.5 Å². The molecule has 0 aliphatic carbocycles. The Bertz CT molecular complexity index is 243. The van der Waals surface area contributed by atoms with Gasteiger partial charge in [-0.3, -0.25) is 0 Å². The van der Waals surface area contributed by atoms with E-state index in [1.807, 2.05) is 0 Å². The summed E-state index contributed by atoms with van der Waals surface area (Å²) in [7, 11) is 1.50. The third kappa shape index (κ3) is 1.38. The lowest BCUT2D eigenvalue weighted by atomic mass is 10.6. The van der Waals surface area contributed by atoms with Crippen LogP contribution in [-0.4, -0.2) is 17.1 Å². The number of halogens is 2. The van der Waals surface area contributed by atoms with E-state index < -0.39 is 0 Å². The fourth-order valence-corrected chi connectivity index (χ4v) is 0.912. The van der Waals surface area contributed by atoms with Gasteiger partial charge in [-0.1, -0.05) is 11.6 Å². The predicted molar refractivity (Wildman–Crippen MR) is 41.3 cm³/mol. The molecule has 0 amide bonds. The van der Waals surface area contributed by atoms with Gasteiger partial charge >= 0.3 is 0 Å². The average molecular weight is 223 g/mol. The molecule has 0 bridgehead atoms. The molecule has 0 fully saturated rings. The number of aromatic nitrogens is 2. The number of nitrogens with zero attached hydrogens (tertiary/aromatic N) is 2. The van der Waals surface area contributed by atoms with Gasteiger partial charge < -0.3 is 4.74 Å². The SMILES string of the molecule is COc1ncnc(Br)c1Cl. The molecule has 1 heterocycles. The standard InChI is InChI=1S/C5H4BrClN2O/c1-10-5-3(7)4(6)8-2-9-5/h2H,1H3. The third-order valence-electron chi connectivity index (χ3n) is 0.908. The Kier molecular flexibility index (Phi) is 2.45. The zero-order valence-electron chi connectivity index (χ0n) is 5.14. The van der Waals surface area contributed by atoms with Gasteiger partial charge in [0.25, 0.3) is 0 Å². The van der Waals surface area contributed by atoms with Gasteiger partial charge in [0.2, 0.25) is 5.88 Å². The van der Waals surface area contributed by atoms with Crippen LogP contribution in [0.3, 0.4) is 0 Å². The van der Waals surface area contributed by atoms with Crippen molar-refractivity contribution < 1.29 is 4.74 Å². The van der Waals surface area contributed by atoms with E-state index in [-0.39, 0.29) is 0 Å². The molecular weight excluding hydrogens is 219 g/mol. The molecular formula is C5H4BrClN2O. The van der Waals surface area contributed by atoms with Crippen molar-refractivity contribution in [2.45, 2.75) is 0 Å². The molecule has 0 N–H and O–H groups in total. The summed E-state index contributed by atoms with van der Waals surface area (Å²) in [6.07, 6.45) is 1.37. The second kappa shape index (κ2) is 3.16. The molecule has 10 heavy (non-hydrogen) atoms. The minimum absolute atomic E-state index is 0.378. The second-order valence-corrected chi connectivity index (χ2v) is 2.62. The van der Waals surface area contributed by atoms with Crippen molar-refractivity contribution in [1.29, 1.82) is 0 Å². The van der Waals surface area contributed by atoms with Crippen LogP contribution in [0.5, 0.6) is 5.88 Å². The number of hydrogen-bond donors (Lipinski definition) is 0. The summed E-state index contributed by atoms with van der Waals surface area (Å²) in [5.74, 6) is 0.378. The minimum Gasteiger partial charge on any atom is -0.480 e. The lowest BCUT2D eigenvalue weighted by Gasteiger charge is -1.99. The molecule has 1 aromatic heterocycles. The largest absolute Gasteiger partial charge is 0.480 e. The lowest BCUT2D eigenvalue weighted by Crippen LogP contribution is -1.90. The van der Waals surface area contributed by atoms with Gasteiger partial charge in [-0.25, -0.2) is 9.97 Å². The number of rotatable bonds is 1. The summed E-state index contributed by atoms with van der Waals surface area (Å²) in [4.78, 5) is 7.54. The summed E-state index contributed by atoms with van der Waals surface area (Å²) in [6, 6.07) is 0. The summed E-state index contributed by atoms with van der Waals surface area (Å²) in [5.41, 5.74) is 0. The van der Waals surface area contributed by atoms with Crippen molar-refractivity contribution in [2.24, 2.45) is 0 Å². The van der Waals surface area contributed by atoms with Crippen molar-refractivity contribution in [3.8, 4) is 5.88 Å². The lowest BCUT2D eigenvalue weighted by molar-refractivity contribution is 0.396. The summed E-state index contributed by atoms with van der Waals surface area (Å²) < 4.78 is 5.36. The minimum atomic E-state index is 0.378. The monoisotopic (exact) mass is 222 g/mol. The molecule has 3 nitrogen and oxygen atoms in total. The highest BCUT2D eigenvalue weighted by atomic mass is 79.9.